The highest BCUT2D eigenvalue weighted by atomic mass is 16.2. The van der Waals surface area contributed by atoms with Gasteiger partial charge in [-0.25, -0.2) is 0 Å². The Bertz CT molecular complexity index is 2100. The van der Waals surface area contributed by atoms with Crippen LogP contribution in [-0.4, -0.2) is 57.8 Å². The van der Waals surface area contributed by atoms with Crippen molar-refractivity contribution in [3.8, 4) is 0 Å². The van der Waals surface area contributed by atoms with Gasteiger partial charge < -0.3 is 0 Å². The number of rotatable bonds is 22. The minimum atomic E-state index is -0.0823. The lowest BCUT2D eigenvalue weighted by atomic mass is 9.91. The van der Waals surface area contributed by atoms with Gasteiger partial charge in [-0.15, -0.1) is 0 Å². The molecule has 73 heavy (non-hydrogen) atoms. The largest absolute Gasteiger partial charge is 0.299 e. The first-order valence-electron chi connectivity index (χ1n) is 25.9. The minimum absolute atomic E-state index is 0. The van der Waals surface area contributed by atoms with E-state index in [0.717, 1.165) is 0 Å². The monoisotopic (exact) mass is 1010 g/mol. The molecule has 0 unspecified atom stereocenters. The van der Waals surface area contributed by atoms with Gasteiger partial charge in [0.25, 0.3) is 0 Å². The highest BCUT2D eigenvalue weighted by Gasteiger charge is 2.21. The summed E-state index contributed by atoms with van der Waals surface area (Å²) in [5.41, 5.74) is 3.71. The van der Waals surface area contributed by atoms with Crippen LogP contribution in [0.5, 0.6) is 0 Å². The molecule has 0 fully saturated rings. The van der Waals surface area contributed by atoms with Crippen LogP contribution in [0.25, 0.3) is 0 Å². The first-order chi connectivity index (χ1) is 33.2. The molecule has 0 aliphatic heterocycles. The summed E-state index contributed by atoms with van der Waals surface area (Å²) in [6, 6.07) is 21.0. The van der Waals surface area contributed by atoms with Crippen LogP contribution in [0.2, 0.25) is 0 Å². The van der Waals surface area contributed by atoms with Crippen LogP contribution in [0.1, 0.15) is 234 Å². The summed E-state index contributed by atoms with van der Waals surface area (Å²) >= 11 is 0. The Morgan fingerprint density at radius 2 is 0.534 bits per heavy atom. The molecule has 0 heterocycles. The quantitative estimate of drug-likeness (QED) is 0.0697. The molecule has 0 aromatic heterocycles. The van der Waals surface area contributed by atoms with Crippen LogP contribution in [-0.2, 0) is 19.2 Å². The molecule has 0 atom stereocenters. The minimum Gasteiger partial charge on any atom is -0.299 e. The van der Waals surface area contributed by atoms with Crippen molar-refractivity contribution in [3.63, 3.8) is 0 Å². The molecule has 406 valence electrons. The number of hydrogen-bond acceptors (Lipinski definition) is 10. The van der Waals surface area contributed by atoms with Crippen LogP contribution in [0.15, 0.2) is 72.8 Å². The fourth-order valence-corrected chi connectivity index (χ4v) is 6.09. The van der Waals surface area contributed by atoms with Crippen molar-refractivity contribution >= 4 is 57.8 Å². The van der Waals surface area contributed by atoms with E-state index in [-0.39, 0.29) is 131 Å². The van der Waals surface area contributed by atoms with E-state index in [1.807, 2.05) is 138 Å². The highest BCUT2D eigenvalue weighted by molar-refractivity contribution is 6.10. The predicted molar refractivity (Wildman–Crippen MR) is 299 cm³/mol. The van der Waals surface area contributed by atoms with Crippen LogP contribution in [0.4, 0.5) is 0 Å². The molecule has 3 rings (SSSR count). The molecule has 3 aromatic rings. The number of ketones is 10. The van der Waals surface area contributed by atoms with Crippen molar-refractivity contribution in [1.82, 2.24) is 0 Å². The molecule has 0 amide bonds. The molecule has 0 aliphatic rings. The lowest BCUT2D eigenvalue weighted by Crippen LogP contribution is -2.16. The fraction of sp³-hybridized carbons (Fsp3) is 0.556. The normalized spacial score (nSPS) is 10.7. The molecule has 0 saturated heterocycles. The SMILES string of the molecule is C.CC(C)C(=O)CC(=O)C(C)C.CC(C)C(=O)CCCC(=O)C(C)C.CC(C)C(=O)c1ccc(C(=O)C(C)C)cc1.CC(C)C(=O)c1cccc(C(=O)C(C)C)c1.CC(C)C(=O)c1ccccc1C(=O)C(C)C. The molecular weight excluding hydrogens is 917 g/mol. The maximum atomic E-state index is 11.9. The Morgan fingerprint density at radius 1 is 0.288 bits per heavy atom. The smallest absolute Gasteiger partial charge is 0.166 e. The van der Waals surface area contributed by atoms with Gasteiger partial charge in [0.05, 0.1) is 6.42 Å². The van der Waals surface area contributed by atoms with Crippen LogP contribution >= 0.6 is 0 Å². The average Bonchev–Trinajstić information content (AvgIpc) is 3.32. The van der Waals surface area contributed by atoms with Gasteiger partial charge in [-0.1, -0.05) is 213 Å². The second kappa shape index (κ2) is 36.3. The molecule has 3 aromatic carbocycles. The summed E-state index contributed by atoms with van der Waals surface area (Å²) in [4.78, 5) is 115. The first-order valence-corrected chi connectivity index (χ1v) is 25.9. The van der Waals surface area contributed by atoms with Crippen LogP contribution < -0.4 is 0 Å². The van der Waals surface area contributed by atoms with Gasteiger partial charge in [-0.05, 0) is 12.5 Å². The Kier molecular flexibility index (Phi) is 35.6. The standard InChI is InChI=1S/3C14H18O2.C11H20O2.C9H16O2.CH4/c1-9(2)13(15)11-5-7-12(8-6-11)14(16)10(3)4;1-9(2)13(15)11-6-5-7-12(8-11)14(16)10(3)4;1-9(2)13(15)11-7-5-6-8-12(11)14(16)10(3)4;1-8(2)10(12)6-5-7-11(13)9(3)4;1-6(2)8(10)5-9(11)7(3)4;/h3*5-10H,1-4H3;8-9H,5-7H2,1-4H3;6-7H,5H2,1-4H3;1H4. The molecule has 0 bridgehead atoms. The summed E-state index contributed by atoms with van der Waals surface area (Å²) in [5, 5.41) is 0. The topological polar surface area (TPSA) is 171 Å². The van der Waals surface area contributed by atoms with E-state index >= 15 is 0 Å². The van der Waals surface area contributed by atoms with Gasteiger partial charge >= 0.3 is 0 Å². The lowest BCUT2D eigenvalue weighted by molar-refractivity contribution is -0.130. The Morgan fingerprint density at radius 3 is 0.767 bits per heavy atom. The number of benzene rings is 3. The zero-order valence-electron chi connectivity index (χ0n) is 47.6. The molecule has 0 aliphatic carbocycles. The number of Topliss-reactive ketones (excluding diaryl/α,β-unsaturated/α-hetero) is 10. The molecule has 0 N–H and O–H groups in total. The van der Waals surface area contributed by atoms with Gasteiger partial charge in [-0.2, -0.15) is 0 Å². The van der Waals surface area contributed by atoms with Gasteiger partial charge in [0.15, 0.2) is 34.7 Å². The second-order valence-electron chi connectivity index (χ2n) is 21.3. The lowest BCUT2D eigenvalue weighted by Gasteiger charge is -2.11. The van der Waals surface area contributed by atoms with Gasteiger partial charge in [0.2, 0.25) is 0 Å². The molecule has 0 saturated carbocycles. The Balaban J connectivity index is -0.000000842. The Labute approximate surface area is 441 Å². The number of carbonyl (C=O) groups excluding carboxylic acids is 10. The third-order valence-electron chi connectivity index (χ3n) is 11.3. The van der Waals surface area contributed by atoms with Crippen molar-refractivity contribution in [2.45, 2.75) is 172 Å². The van der Waals surface area contributed by atoms with E-state index in [0.29, 0.717) is 52.6 Å². The fourth-order valence-electron chi connectivity index (χ4n) is 6.09. The predicted octanol–water partition coefficient (Wildman–Crippen LogP) is 15.2. The zero-order valence-corrected chi connectivity index (χ0v) is 47.6. The van der Waals surface area contributed by atoms with Crippen molar-refractivity contribution in [3.05, 3.63) is 106 Å². The van der Waals surface area contributed by atoms with Crippen molar-refractivity contribution in [2.75, 3.05) is 0 Å². The molecule has 10 nitrogen and oxygen atoms in total. The maximum Gasteiger partial charge on any atom is 0.166 e. The molecule has 0 spiro atoms. The van der Waals surface area contributed by atoms with Gasteiger partial charge in [-0.3, -0.25) is 47.9 Å². The summed E-state index contributed by atoms with van der Waals surface area (Å²) < 4.78 is 0. The van der Waals surface area contributed by atoms with E-state index in [9.17, 15) is 47.9 Å². The van der Waals surface area contributed by atoms with Crippen molar-refractivity contribution in [1.29, 1.82) is 0 Å². The second-order valence-corrected chi connectivity index (χ2v) is 21.3. The summed E-state index contributed by atoms with van der Waals surface area (Å²) in [6.07, 6.45) is 1.93. The maximum absolute atomic E-state index is 11.9. The summed E-state index contributed by atoms with van der Waals surface area (Å²) in [7, 11) is 0. The van der Waals surface area contributed by atoms with Gasteiger partial charge in [0.1, 0.15) is 23.1 Å². The third kappa shape index (κ3) is 27.8. The average molecular weight is 1010 g/mol. The van der Waals surface area contributed by atoms with Crippen LogP contribution in [0.3, 0.4) is 0 Å². The first kappa shape index (κ1) is 71.6. The third-order valence-corrected chi connectivity index (χ3v) is 11.3. The summed E-state index contributed by atoms with van der Waals surface area (Å²) in [5.74, 6) is 0.992. The van der Waals surface area contributed by atoms with E-state index in [2.05, 4.69) is 0 Å². The number of hydrogen-bond donors (Lipinski definition) is 0. The number of carbonyl (C=O) groups is 10. The van der Waals surface area contributed by atoms with Crippen molar-refractivity contribution < 1.29 is 47.9 Å². The Hall–Kier alpha value is -5.64. The van der Waals surface area contributed by atoms with E-state index in [4.69, 9.17) is 0 Å². The van der Waals surface area contributed by atoms with E-state index < -0.39 is 0 Å². The van der Waals surface area contributed by atoms with Crippen molar-refractivity contribution in [2.24, 2.45) is 59.2 Å². The molecule has 0 radical (unpaired) electrons. The van der Waals surface area contributed by atoms with E-state index in [1.54, 1.807) is 72.8 Å². The van der Waals surface area contributed by atoms with E-state index in [1.165, 1.54) is 0 Å². The van der Waals surface area contributed by atoms with Crippen LogP contribution in [0, 0.1) is 59.2 Å². The molecular formula is C63H94O10. The van der Waals surface area contributed by atoms with Gasteiger partial charge in [0, 0.05) is 105 Å². The molecule has 10 heteroatoms. The summed E-state index contributed by atoms with van der Waals surface area (Å²) in [6.45, 7) is 37.2. The zero-order chi connectivity index (χ0) is 56.3. The highest BCUT2D eigenvalue weighted by Crippen LogP contribution is 2.19.